The van der Waals surface area contributed by atoms with Crippen LogP contribution in [0.2, 0.25) is 0 Å². The van der Waals surface area contributed by atoms with E-state index in [2.05, 4.69) is 91.2 Å². The first-order valence-corrected chi connectivity index (χ1v) is 12.7. The number of benzene rings is 1. The summed E-state index contributed by atoms with van der Waals surface area (Å²) in [5.74, 6) is 0.918. The van der Waals surface area contributed by atoms with Crippen LogP contribution in [0, 0.1) is 5.92 Å². The number of nitrogens with two attached hydrogens (primary N) is 1. The molecule has 1 saturated heterocycles. The number of allylic oxidation sites excluding steroid dienone is 6. The Morgan fingerprint density at radius 2 is 1.88 bits per heavy atom. The van der Waals surface area contributed by atoms with Gasteiger partial charge in [0.2, 0.25) is 0 Å². The minimum Gasteiger partial charge on any atom is -0.383 e. The summed E-state index contributed by atoms with van der Waals surface area (Å²) in [6.07, 6.45) is 9.33. The van der Waals surface area contributed by atoms with Gasteiger partial charge in [-0.25, -0.2) is 4.98 Å². The van der Waals surface area contributed by atoms with Crippen molar-refractivity contribution in [2.75, 3.05) is 39.0 Å². The molecule has 0 amide bonds. The fourth-order valence-corrected chi connectivity index (χ4v) is 5.40. The van der Waals surface area contributed by atoms with Crippen LogP contribution in [-0.4, -0.2) is 48.0 Å². The molecule has 1 aliphatic carbocycles. The van der Waals surface area contributed by atoms with E-state index < -0.39 is 0 Å². The molecule has 4 nitrogen and oxygen atoms in total. The molecule has 0 saturated carbocycles. The molecule has 34 heavy (non-hydrogen) atoms. The Labute approximate surface area is 209 Å². The first-order valence-electron chi connectivity index (χ1n) is 12.3. The Morgan fingerprint density at radius 3 is 2.56 bits per heavy atom. The second-order valence-corrected chi connectivity index (χ2v) is 10.1. The molecule has 180 valence electrons. The van der Waals surface area contributed by atoms with Crippen molar-refractivity contribution in [3.05, 3.63) is 82.1 Å². The molecular weight excluding hydrogens is 440 g/mol. The first kappa shape index (κ1) is 24.7. The number of nitrogens with zero attached hydrogens (tertiary/aromatic N) is 3. The molecule has 1 aromatic heterocycles. The number of hydrogen-bond acceptors (Lipinski definition) is 4. The zero-order valence-corrected chi connectivity index (χ0v) is 21.6. The van der Waals surface area contributed by atoms with Gasteiger partial charge < -0.3 is 10.6 Å². The van der Waals surface area contributed by atoms with E-state index >= 15 is 0 Å². The zero-order valence-electron chi connectivity index (χ0n) is 20.9. The topological polar surface area (TPSA) is 45.4 Å². The van der Waals surface area contributed by atoms with Crippen LogP contribution in [0.3, 0.4) is 0 Å². The molecule has 5 heteroatoms. The Kier molecular flexibility index (Phi) is 7.92. The monoisotopic (exact) mass is 476 g/mol. The highest BCUT2D eigenvalue weighted by atomic mass is 35.5. The second kappa shape index (κ2) is 10.9. The fourth-order valence-electron chi connectivity index (χ4n) is 5.12. The van der Waals surface area contributed by atoms with E-state index in [1.54, 1.807) is 0 Å². The summed E-state index contributed by atoms with van der Waals surface area (Å²) in [5, 5.41) is 0.932. The normalized spacial score (nSPS) is 21.2. The highest BCUT2D eigenvalue weighted by Gasteiger charge is 2.26. The van der Waals surface area contributed by atoms with Crippen molar-refractivity contribution in [2.24, 2.45) is 5.92 Å². The number of likely N-dealkylation sites (N-methyl/N-ethyl adjacent to an activating group) is 1. The van der Waals surface area contributed by atoms with E-state index in [-0.39, 0.29) is 11.8 Å². The Hall–Kier alpha value is -2.40. The average molecular weight is 477 g/mol. The minimum absolute atomic E-state index is 0.131. The van der Waals surface area contributed by atoms with Gasteiger partial charge in [-0.05, 0) is 50.1 Å². The van der Waals surface area contributed by atoms with Gasteiger partial charge in [-0.3, -0.25) is 4.90 Å². The van der Waals surface area contributed by atoms with Gasteiger partial charge >= 0.3 is 0 Å². The molecule has 1 aliphatic heterocycles. The predicted octanol–water partition coefficient (Wildman–Crippen LogP) is 6.22. The molecule has 2 unspecified atom stereocenters. The van der Waals surface area contributed by atoms with Crippen molar-refractivity contribution in [2.45, 2.75) is 39.7 Å². The number of hydrogen-bond donors (Lipinski definition) is 1. The molecule has 2 aromatic rings. The molecular formula is C29H37ClN4. The van der Waals surface area contributed by atoms with Crippen LogP contribution in [-0.2, 0) is 6.54 Å². The maximum atomic E-state index is 6.73. The van der Waals surface area contributed by atoms with Crippen molar-refractivity contribution < 1.29 is 0 Å². The van der Waals surface area contributed by atoms with Crippen LogP contribution >= 0.6 is 11.6 Å². The van der Waals surface area contributed by atoms with Crippen LogP contribution in [0.1, 0.15) is 44.2 Å². The lowest BCUT2D eigenvalue weighted by molar-refractivity contribution is 0.148. The van der Waals surface area contributed by atoms with Crippen LogP contribution < -0.4 is 5.73 Å². The SMILES string of the molecule is C/C=C(/C1CC=CC(C)=C1Cl)C(C)c1cc(-c2ccc(CN3CCN(C)CC3)cc2)cnc1N. The largest absolute Gasteiger partial charge is 0.383 e. The maximum Gasteiger partial charge on any atom is 0.127 e. The lowest BCUT2D eigenvalue weighted by Gasteiger charge is -2.32. The van der Waals surface area contributed by atoms with Gasteiger partial charge in [0.25, 0.3) is 0 Å². The zero-order chi connectivity index (χ0) is 24.2. The van der Waals surface area contributed by atoms with Crippen molar-refractivity contribution in [3.8, 4) is 11.1 Å². The summed E-state index contributed by atoms with van der Waals surface area (Å²) in [6.45, 7) is 11.9. The summed E-state index contributed by atoms with van der Waals surface area (Å²) in [7, 11) is 2.19. The van der Waals surface area contributed by atoms with Crippen molar-refractivity contribution >= 4 is 17.4 Å². The molecule has 1 aromatic carbocycles. The van der Waals surface area contributed by atoms with Gasteiger partial charge in [0.05, 0.1) is 0 Å². The molecule has 2 atom stereocenters. The van der Waals surface area contributed by atoms with Crippen molar-refractivity contribution in [1.29, 1.82) is 0 Å². The van der Waals surface area contributed by atoms with Gasteiger partial charge in [-0.2, -0.15) is 0 Å². The molecule has 4 rings (SSSR count). The number of nitrogen functional groups attached to an aromatic ring is 1. The summed E-state index contributed by atoms with van der Waals surface area (Å²) >= 11 is 6.73. The number of piperazine rings is 1. The molecule has 0 spiro atoms. The minimum atomic E-state index is 0.131. The quantitative estimate of drug-likeness (QED) is 0.503. The van der Waals surface area contributed by atoms with Gasteiger partial charge in [0, 0.05) is 66.9 Å². The molecule has 1 fully saturated rings. The van der Waals surface area contributed by atoms with Gasteiger partial charge in [-0.1, -0.05) is 66.6 Å². The predicted molar refractivity (Wildman–Crippen MR) is 145 cm³/mol. The van der Waals surface area contributed by atoms with Gasteiger partial charge in [0.15, 0.2) is 0 Å². The maximum absolute atomic E-state index is 6.73. The molecule has 2 N–H and O–H groups in total. The molecule has 2 heterocycles. The molecule has 0 radical (unpaired) electrons. The number of aromatic nitrogens is 1. The third-order valence-corrected chi connectivity index (χ3v) is 7.92. The van der Waals surface area contributed by atoms with Crippen LogP contribution in [0.5, 0.6) is 0 Å². The van der Waals surface area contributed by atoms with E-state index in [4.69, 9.17) is 17.3 Å². The molecule has 0 bridgehead atoms. The lowest BCUT2D eigenvalue weighted by Crippen LogP contribution is -2.43. The Morgan fingerprint density at radius 1 is 1.18 bits per heavy atom. The third kappa shape index (κ3) is 5.46. The van der Waals surface area contributed by atoms with E-state index in [0.29, 0.717) is 5.82 Å². The van der Waals surface area contributed by atoms with Crippen LogP contribution in [0.25, 0.3) is 11.1 Å². The molecule has 2 aliphatic rings. The van der Waals surface area contributed by atoms with E-state index in [1.807, 2.05) is 6.20 Å². The third-order valence-electron chi connectivity index (χ3n) is 7.36. The lowest BCUT2D eigenvalue weighted by atomic mass is 9.80. The van der Waals surface area contributed by atoms with Gasteiger partial charge in [-0.15, -0.1) is 0 Å². The first-order chi connectivity index (χ1) is 16.4. The number of halogens is 1. The van der Waals surface area contributed by atoms with Crippen LogP contribution in [0.4, 0.5) is 5.82 Å². The van der Waals surface area contributed by atoms with E-state index in [1.165, 1.54) is 16.7 Å². The fraction of sp³-hybridized carbons (Fsp3) is 0.414. The van der Waals surface area contributed by atoms with Crippen LogP contribution in [0.15, 0.2) is 70.9 Å². The average Bonchev–Trinajstić information content (AvgIpc) is 2.84. The van der Waals surface area contributed by atoms with Gasteiger partial charge in [0.1, 0.15) is 5.82 Å². The standard InChI is InChI=1S/C29H37ClN4/c1-5-25(26-8-6-7-20(2)28(26)30)21(3)27-17-24(18-32-29(27)31)23-11-9-22(10-12-23)19-34-15-13-33(4)14-16-34/h5-7,9-12,17-18,21,26H,8,13-16,19H2,1-4H3,(H2,31,32)/b25-5+. The van der Waals surface area contributed by atoms with Crippen molar-refractivity contribution in [3.63, 3.8) is 0 Å². The van der Waals surface area contributed by atoms with Crippen molar-refractivity contribution in [1.82, 2.24) is 14.8 Å². The summed E-state index contributed by atoms with van der Waals surface area (Å²) in [5.41, 5.74) is 13.5. The van der Waals surface area contributed by atoms with E-state index in [0.717, 1.165) is 60.9 Å². The second-order valence-electron chi connectivity index (χ2n) is 9.71. The smallest absolute Gasteiger partial charge is 0.127 e. The summed E-state index contributed by atoms with van der Waals surface area (Å²) < 4.78 is 0. The summed E-state index contributed by atoms with van der Waals surface area (Å²) in [6, 6.07) is 11.1. The highest BCUT2D eigenvalue weighted by molar-refractivity contribution is 6.30. The summed E-state index contributed by atoms with van der Waals surface area (Å²) in [4.78, 5) is 9.49. The van der Waals surface area contributed by atoms with E-state index in [9.17, 15) is 0 Å². The number of pyridine rings is 1. The number of rotatable bonds is 6. The Bertz CT molecular complexity index is 1090. The Balaban J connectivity index is 1.53. The highest BCUT2D eigenvalue weighted by Crippen LogP contribution is 2.41. The number of anilines is 1.